The maximum atomic E-state index is 5.79. The van der Waals surface area contributed by atoms with Crippen LogP contribution in [-0.4, -0.2) is 45.9 Å². The Labute approximate surface area is 173 Å². The largest absolute Gasteiger partial charge is 0.384 e. The van der Waals surface area contributed by atoms with Crippen molar-refractivity contribution in [3.05, 3.63) is 96.6 Å². The molecule has 0 aromatic carbocycles. The molecule has 1 aliphatic heterocycles. The third-order valence-electron chi connectivity index (χ3n) is 5.21. The lowest BCUT2D eigenvalue weighted by molar-refractivity contribution is 0.155. The molecular formula is C24H29N5. The van der Waals surface area contributed by atoms with Crippen LogP contribution in [0.4, 0.5) is 5.82 Å². The van der Waals surface area contributed by atoms with Gasteiger partial charge in [0.2, 0.25) is 0 Å². The summed E-state index contributed by atoms with van der Waals surface area (Å²) >= 11 is 0. The number of anilines is 1. The number of piperazine rings is 1. The second-order valence-corrected chi connectivity index (χ2v) is 7.21. The van der Waals surface area contributed by atoms with Crippen molar-refractivity contribution in [2.75, 3.05) is 31.9 Å². The first-order chi connectivity index (χ1) is 14.1. The van der Waals surface area contributed by atoms with Crippen LogP contribution < -0.4 is 5.73 Å². The van der Waals surface area contributed by atoms with Gasteiger partial charge < -0.3 is 10.6 Å². The summed E-state index contributed by atoms with van der Waals surface area (Å²) < 4.78 is 0. The lowest BCUT2D eigenvalue weighted by Gasteiger charge is -2.37. The van der Waals surface area contributed by atoms with Crippen LogP contribution in [0, 0.1) is 0 Å². The monoisotopic (exact) mass is 387 g/mol. The minimum absolute atomic E-state index is 0.578. The maximum absolute atomic E-state index is 5.79. The number of allylic oxidation sites excluding steroid dienone is 5. The summed E-state index contributed by atoms with van der Waals surface area (Å²) in [6.45, 7) is 15.2. The molecule has 0 spiro atoms. The van der Waals surface area contributed by atoms with E-state index in [0.29, 0.717) is 5.82 Å². The van der Waals surface area contributed by atoms with Crippen molar-refractivity contribution in [1.82, 2.24) is 19.8 Å². The average molecular weight is 388 g/mol. The second kappa shape index (κ2) is 9.85. The van der Waals surface area contributed by atoms with E-state index >= 15 is 0 Å². The average Bonchev–Trinajstić information content (AvgIpc) is 2.75. The van der Waals surface area contributed by atoms with E-state index in [1.165, 1.54) is 5.56 Å². The molecule has 1 fully saturated rings. The number of nitrogens with zero attached hydrogens (tertiary/aromatic N) is 4. The van der Waals surface area contributed by atoms with Crippen molar-refractivity contribution in [2.24, 2.45) is 0 Å². The van der Waals surface area contributed by atoms with Gasteiger partial charge in [0.1, 0.15) is 5.82 Å². The molecule has 2 aromatic rings. The van der Waals surface area contributed by atoms with Crippen LogP contribution in [-0.2, 0) is 6.54 Å². The van der Waals surface area contributed by atoms with Gasteiger partial charge in [0.25, 0.3) is 0 Å². The number of nitrogens with two attached hydrogens (primary N) is 1. The molecule has 2 N–H and O–H groups in total. The van der Waals surface area contributed by atoms with Crippen LogP contribution in [0.5, 0.6) is 0 Å². The van der Waals surface area contributed by atoms with Gasteiger partial charge in [-0.15, -0.1) is 0 Å². The summed E-state index contributed by atoms with van der Waals surface area (Å²) in [4.78, 5) is 12.9. The highest BCUT2D eigenvalue weighted by Gasteiger charge is 2.18. The highest BCUT2D eigenvalue weighted by atomic mass is 15.3. The Kier molecular flexibility index (Phi) is 6.98. The van der Waals surface area contributed by atoms with E-state index in [9.17, 15) is 0 Å². The normalized spacial score (nSPS) is 16.0. The molecule has 29 heavy (non-hydrogen) atoms. The number of hydrogen-bond donors (Lipinski definition) is 1. The van der Waals surface area contributed by atoms with Crippen molar-refractivity contribution in [1.29, 1.82) is 0 Å². The van der Waals surface area contributed by atoms with E-state index in [-0.39, 0.29) is 0 Å². The molecule has 3 rings (SSSR count). The molecule has 0 aliphatic carbocycles. The molecule has 2 aromatic heterocycles. The van der Waals surface area contributed by atoms with Gasteiger partial charge in [-0.25, -0.2) is 4.98 Å². The zero-order valence-corrected chi connectivity index (χ0v) is 17.1. The van der Waals surface area contributed by atoms with Crippen LogP contribution in [0.1, 0.15) is 18.1 Å². The SMILES string of the molecule is C=C/C(=C\C=C(/C)C(=C)N1CCN(Cc2ccnc(N)c2)CC1)c1ccncc1. The fourth-order valence-corrected chi connectivity index (χ4v) is 3.41. The number of aromatic nitrogens is 2. The van der Waals surface area contributed by atoms with E-state index in [2.05, 4.69) is 52.0 Å². The van der Waals surface area contributed by atoms with Crippen molar-refractivity contribution in [3.63, 3.8) is 0 Å². The standard InChI is InChI=1S/C24H29N5/c1-4-22(23-8-10-26-11-9-23)6-5-19(2)20(3)29-15-13-28(14-16-29)18-21-7-12-27-24(25)17-21/h4-12,17H,1,3,13-16,18H2,2H3,(H2,25,27)/b19-5+,22-6+. The summed E-state index contributed by atoms with van der Waals surface area (Å²) in [5.74, 6) is 0.578. The molecule has 150 valence electrons. The van der Waals surface area contributed by atoms with Gasteiger partial charge in [0.15, 0.2) is 0 Å². The summed E-state index contributed by atoms with van der Waals surface area (Å²) in [7, 11) is 0. The zero-order valence-electron chi connectivity index (χ0n) is 17.1. The number of hydrogen-bond acceptors (Lipinski definition) is 5. The van der Waals surface area contributed by atoms with Gasteiger partial charge >= 0.3 is 0 Å². The molecular weight excluding hydrogens is 358 g/mol. The van der Waals surface area contributed by atoms with Gasteiger partial charge in [-0.05, 0) is 53.5 Å². The van der Waals surface area contributed by atoms with E-state index in [1.807, 2.05) is 30.3 Å². The first-order valence-electron chi connectivity index (χ1n) is 9.85. The van der Waals surface area contributed by atoms with Crippen molar-refractivity contribution in [3.8, 4) is 0 Å². The van der Waals surface area contributed by atoms with Crippen LogP contribution in [0.2, 0.25) is 0 Å². The molecule has 0 radical (unpaired) electrons. The molecule has 5 heteroatoms. The fourth-order valence-electron chi connectivity index (χ4n) is 3.41. The third kappa shape index (κ3) is 5.65. The van der Waals surface area contributed by atoms with Gasteiger partial charge in [0.05, 0.1) is 0 Å². The maximum Gasteiger partial charge on any atom is 0.123 e. The molecule has 0 unspecified atom stereocenters. The fraction of sp³-hybridized carbons (Fsp3) is 0.250. The molecule has 3 heterocycles. The van der Waals surface area contributed by atoms with Crippen molar-refractivity contribution < 1.29 is 0 Å². The van der Waals surface area contributed by atoms with Gasteiger partial charge in [-0.3, -0.25) is 9.88 Å². The molecule has 1 saturated heterocycles. The molecule has 0 atom stereocenters. The Bertz CT molecular complexity index is 906. The summed E-state index contributed by atoms with van der Waals surface area (Å²) in [5, 5.41) is 0. The van der Waals surface area contributed by atoms with Gasteiger partial charge in [-0.1, -0.05) is 31.4 Å². The second-order valence-electron chi connectivity index (χ2n) is 7.21. The first kappa shape index (κ1) is 20.6. The van der Waals surface area contributed by atoms with Crippen LogP contribution in [0.25, 0.3) is 5.57 Å². The summed E-state index contributed by atoms with van der Waals surface area (Å²) in [6, 6.07) is 7.95. The predicted molar refractivity (Wildman–Crippen MR) is 121 cm³/mol. The number of pyridine rings is 2. The van der Waals surface area contributed by atoms with E-state index in [4.69, 9.17) is 5.73 Å². The number of nitrogen functional groups attached to an aromatic ring is 1. The lowest BCUT2D eigenvalue weighted by atomic mass is 10.1. The Balaban J connectivity index is 1.57. The van der Waals surface area contributed by atoms with Crippen LogP contribution in [0.15, 0.2) is 85.5 Å². The van der Waals surface area contributed by atoms with Crippen LogP contribution in [0.3, 0.4) is 0 Å². The topological polar surface area (TPSA) is 58.3 Å². The minimum atomic E-state index is 0.578. The quantitative estimate of drug-likeness (QED) is 0.730. The van der Waals surface area contributed by atoms with Crippen molar-refractivity contribution >= 4 is 11.4 Å². The number of rotatable bonds is 7. The van der Waals surface area contributed by atoms with E-state index in [0.717, 1.165) is 55.1 Å². The lowest BCUT2D eigenvalue weighted by Crippen LogP contribution is -2.45. The first-order valence-corrected chi connectivity index (χ1v) is 9.85. The highest BCUT2D eigenvalue weighted by Crippen LogP contribution is 2.19. The van der Waals surface area contributed by atoms with E-state index in [1.54, 1.807) is 18.6 Å². The van der Waals surface area contributed by atoms with Gasteiger partial charge in [0, 0.05) is 57.0 Å². The molecule has 0 saturated carbocycles. The van der Waals surface area contributed by atoms with Crippen molar-refractivity contribution in [2.45, 2.75) is 13.5 Å². The highest BCUT2D eigenvalue weighted by molar-refractivity contribution is 5.74. The molecule has 0 amide bonds. The predicted octanol–water partition coefficient (Wildman–Crippen LogP) is 3.91. The van der Waals surface area contributed by atoms with Crippen LogP contribution >= 0.6 is 0 Å². The smallest absolute Gasteiger partial charge is 0.123 e. The minimum Gasteiger partial charge on any atom is -0.384 e. The molecule has 0 bridgehead atoms. The Hall–Kier alpha value is -3.18. The zero-order chi connectivity index (χ0) is 20.6. The Morgan fingerprint density at radius 2 is 1.83 bits per heavy atom. The van der Waals surface area contributed by atoms with E-state index < -0.39 is 0 Å². The molecule has 5 nitrogen and oxygen atoms in total. The Morgan fingerprint density at radius 3 is 2.48 bits per heavy atom. The summed E-state index contributed by atoms with van der Waals surface area (Å²) in [5.41, 5.74) is 11.4. The summed E-state index contributed by atoms with van der Waals surface area (Å²) in [6.07, 6.45) is 11.4. The Morgan fingerprint density at radius 1 is 1.10 bits per heavy atom. The van der Waals surface area contributed by atoms with Gasteiger partial charge in [-0.2, -0.15) is 0 Å². The molecule has 1 aliphatic rings. The third-order valence-corrected chi connectivity index (χ3v) is 5.21.